The minimum Gasteiger partial charge on any atom is -0.493 e. The molecule has 168 valence electrons. The predicted octanol–water partition coefficient (Wildman–Crippen LogP) is 2.56. The average molecular weight is 450 g/mol. The molecule has 2 amide bonds. The van der Waals surface area contributed by atoms with E-state index in [1.165, 1.54) is 25.6 Å². The number of rotatable bonds is 6. The summed E-state index contributed by atoms with van der Waals surface area (Å²) in [5.41, 5.74) is 1.47. The highest BCUT2D eigenvalue weighted by Gasteiger charge is 2.30. The number of carbonyl (C=O) groups is 1. The third-order valence-electron chi connectivity index (χ3n) is 5.10. The van der Waals surface area contributed by atoms with Gasteiger partial charge in [0.15, 0.2) is 11.5 Å². The van der Waals surface area contributed by atoms with Gasteiger partial charge in [-0.3, -0.25) is 0 Å². The number of nitrogens with zero attached hydrogens (tertiary/aromatic N) is 2. The first-order valence-electron chi connectivity index (χ1n) is 9.73. The summed E-state index contributed by atoms with van der Waals surface area (Å²) in [6.45, 7) is 2.91. The fraction of sp³-hybridized carbons (Fsp3) is 0.381. The fourth-order valence-electron chi connectivity index (χ4n) is 3.35. The Bertz CT molecular complexity index is 1010. The van der Waals surface area contributed by atoms with Crippen molar-refractivity contribution in [2.24, 2.45) is 0 Å². The van der Waals surface area contributed by atoms with Gasteiger partial charge in [-0.1, -0.05) is 17.7 Å². The van der Waals surface area contributed by atoms with Crippen molar-refractivity contribution in [3.05, 3.63) is 42.0 Å². The third kappa shape index (κ3) is 4.86. The Morgan fingerprint density at radius 3 is 1.94 bits per heavy atom. The molecular weight excluding hydrogens is 422 g/mol. The lowest BCUT2D eigenvalue weighted by molar-refractivity contribution is 0.184. The zero-order valence-corrected chi connectivity index (χ0v) is 18.9. The number of anilines is 1. The van der Waals surface area contributed by atoms with Crippen LogP contribution in [0.3, 0.4) is 0 Å². The number of urea groups is 1. The largest absolute Gasteiger partial charge is 0.493 e. The zero-order chi connectivity index (χ0) is 22.6. The van der Waals surface area contributed by atoms with E-state index in [9.17, 15) is 13.2 Å². The summed E-state index contributed by atoms with van der Waals surface area (Å²) >= 11 is 0. The van der Waals surface area contributed by atoms with Crippen LogP contribution in [0.15, 0.2) is 41.3 Å². The van der Waals surface area contributed by atoms with Crippen molar-refractivity contribution < 1.29 is 27.4 Å². The number of aryl methyl sites for hydroxylation is 1. The predicted molar refractivity (Wildman–Crippen MR) is 117 cm³/mol. The highest BCUT2D eigenvalue weighted by Crippen LogP contribution is 2.40. The third-order valence-corrected chi connectivity index (χ3v) is 7.01. The quantitative estimate of drug-likeness (QED) is 0.728. The van der Waals surface area contributed by atoms with Crippen LogP contribution in [-0.2, 0) is 10.0 Å². The van der Waals surface area contributed by atoms with Crippen molar-refractivity contribution in [1.82, 2.24) is 9.21 Å². The lowest BCUT2D eigenvalue weighted by atomic mass is 10.2. The van der Waals surface area contributed by atoms with Gasteiger partial charge < -0.3 is 24.4 Å². The first-order valence-corrected chi connectivity index (χ1v) is 11.2. The van der Waals surface area contributed by atoms with E-state index in [1.54, 1.807) is 41.3 Å². The van der Waals surface area contributed by atoms with Crippen LogP contribution in [0, 0.1) is 6.92 Å². The molecule has 1 heterocycles. The van der Waals surface area contributed by atoms with Crippen molar-refractivity contribution in [2.75, 3.05) is 52.8 Å². The van der Waals surface area contributed by atoms with E-state index in [2.05, 4.69) is 5.32 Å². The maximum atomic E-state index is 12.8. The molecule has 1 fully saturated rings. The van der Waals surface area contributed by atoms with E-state index in [0.717, 1.165) is 5.56 Å². The molecule has 0 saturated carbocycles. The van der Waals surface area contributed by atoms with Crippen LogP contribution in [0.25, 0.3) is 0 Å². The van der Waals surface area contributed by atoms with Crippen molar-refractivity contribution in [3.63, 3.8) is 0 Å². The zero-order valence-electron chi connectivity index (χ0n) is 18.0. The first kappa shape index (κ1) is 22.7. The Morgan fingerprint density at radius 2 is 1.45 bits per heavy atom. The minimum atomic E-state index is -3.58. The normalized spacial score (nSPS) is 14.8. The molecular formula is C21H27N3O6S. The number of hydrogen-bond donors (Lipinski definition) is 1. The minimum absolute atomic E-state index is 0.221. The molecule has 0 aliphatic carbocycles. The highest BCUT2D eigenvalue weighted by molar-refractivity contribution is 7.89. The number of sulfonamides is 1. The standard InChI is InChI=1S/C21H27N3O6S/c1-15-5-7-17(8-6-15)31(26,27)24-11-9-23(10-12-24)21(25)22-16-13-18(28-2)20(30-4)19(14-16)29-3/h5-8,13-14H,9-12H2,1-4H3,(H,22,25). The first-order chi connectivity index (χ1) is 14.8. The van der Waals surface area contributed by atoms with Gasteiger partial charge in [0.05, 0.1) is 31.9 Å². The van der Waals surface area contributed by atoms with Crippen LogP contribution in [0.2, 0.25) is 0 Å². The number of methoxy groups -OCH3 is 3. The van der Waals surface area contributed by atoms with Gasteiger partial charge in [-0.05, 0) is 19.1 Å². The van der Waals surface area contributed by atoms with E-state index in [-0.39, 0.29) is 37.1 Å². The molecule has 1 N–H and O–H groups in total. The van der Waals surface area contributed by atoms with Crippen molar-refractivity contribution >= 4 is 21.7 Å². The molecule has 3 rings (SSSR count). The Kier molecular flexibility index (Phi) is 6.91. The number of amides is 2. The average Bonchev–Trinajstić information content (AvgIpc) is 2.78. The Balaban J connectivity index is 1.66. The molecule has 0 radical (unpaired) electrons. The Labute approximate surface area is 182 Å². The van der Waals surface area contributed by atoms with E-state index >= 15 is 0 Å². The van der Waals surface area contributed by atoms with Gasteiger partial charge in [0.1, 0.15) is 0 Å². The number of benzene rings is 2. The van der Waals surface area contributed by atoms with Crippen LogP contribution < -0.4 is 19.5 Å². The maximum absolute atomic E-state index is 12.8. The molecule has 1 aliphatic rings. The molecule has 0 aromatic heterocycles. The second-order valence-corrected chi connectivity index (χ2v) is 8.99. The topological polar surface area (TPSA) is 97.4 Å². The SMILES string of the molecule is COc1cc(NC(=O)N2CCN(S(=O)(=O)c3ccc(C)cc3)CC2)cc(OC)c1OC. The number of piperazine rings is 1. The van der Waals surface area contributed by atoms with E-state index in [4.69, 9.17) is 14.2 Å². The van der Waals surface area contributed by atoms with Crippen LogP contribution >= 0.6 is 0 Å². The van der Waals surface area contributed by atoms with Gasteiger partial charge in [0, 0.05) is 38.3 Å². The highest BCUT2D eigenvalue weighted by atomic mass is 32.2. The molecule has 0 atom stereocenters. The molecule has 0 unspecified atom stereocenters. The molecule has 9 nitrogen and oxygen atoms in total. The fourth-order valence-corrected chi connectivity index (χ4v) is 4.77. The smallest absolute Gasteiger partial charge is 0.321 e. The van der Waals surface area contributed by atoms with Gasteiger partial charge in [0.25, 0.3) is 0 Å². The summed E-state index contributed by atoms with van der Waals surface area (Å²) < 4.78 is 43.0. The van der Waals surface area contributed by atoms with Crippen LogP contribution in [-0.4, -0.2) is 71.2 Å². The van der Waals surface area contributed by atoms with Crippen LogP contribution in [0.1, 0.15) is 5.56 Å². The molecule has 10 heteroatoms. The van der Waals surface area contributed by atoms with Gasteiger partial charge in [-0.15, -0.1) is 0 Å². The number of hydrogen-bond acceptors (Lipinski definition) is 6. The summed E-state index contributed by atoms with van der Waals surface area (Å²) in [7, 11) is 0.911. The Morgan fingerprint density at radius 1 is 0.903 bits per heavy atom. The van der Waals surface area contributed by atoms with E-state index in [0.29, 0.717) is 22.9 Å². The van der Waals surface area contributed by atoms with Gasteiger partial charge in [-0.2, -0.15) is 4.31 Å². The van der Waals surface area contributed by atoms with Crippen LogP contribution in [0.5, 0.6) is 17.2 Å². The molecule has 2 aromatic carbocycles. The number of ether oxygens (including phenoxy) is 3. The second kappa shape index (κ2) is 9.44. The maximum Gasteiger partial charge on any atom is 0.321 e. The summed E-state index contributed by atoms with van der Waals surface area (Å²) in [6, 6.07) is 9.70. The summed E-state index contributed by atoms with van der Waals surface area (Å²) in [6.07, 6.45) is 0. The number of nitrogens with one attached hydrogen (secondary N) is 1. The Hall–Kier alpha value is -2.98. The van der Waals surface area contributed by atoms with Gasteiger partial charge in [-0.25, -0.2) is 13.2 Å². The van der Waals surface area contributed by atoms with Crippen molar-refractivity contribution in [3.8, 4) is 17.2 Å². The van der Waals surface area contributed by atoms with Gasteiger partial charge >= 0.3 is 6.03 Å². The summed E-state index contributed by atoms with van der Waals surface area (Å²) in [4.78, 5) is 14.6. The molecule has 0 spiro atoms. The van der Waals surface area contributed by atoms with E-state index < -0.39 is 10.0 Å². The monoisotopic (exact) mass is 449 g/mol. The van der Waals surface area contributed by atoms with Crippen molar-refractivity contribution in [2.45, 2.75) is 11.8 Å². The summed E-state index contributed by atoms with van der Waals surface area (Å²) in [5, 5.41) is 2.81. The number of carbonyl (C=O) groups excluding carboxylic acids is 1. The molecule has 0 bridgehead atoms. The van der Waals surface area contributed by atoms with E-state index in [1.807, 2.05) is 6.92 Å². The molecule has 31 heavy (non-hydrogen) atoms. The van der Waals surface area contributed by atoms with Crippen LogP contribution in [0.4, 0.5) is 10.5 Å². The molecule has 1 saturated heterocycles. The lowest BCUT2D eigenvalue weighted by Crippen LogP contribution is -2.51. The second-order valence-electron chi connectivity index (χ2n) is 7.05. The van der Waals surface area contributed by atoms with Gasteiger partial charge in [0.2, 0.25) is 15.8 Å². The molecule has 1 aliphatic heterocycles. The molecule has 2 aromatic rings. The van der Waals surface area contributed by atoms with Crippen molar-refractivity contribution in [1.29, 1.82) is 0 Å². The summed E-state index contributed by atoms with van der Waals surface area (Å²) in [5.74, 6) is 1.27. The lowest BCUT2D eigenvalue weighted by Gasteiger charge is -2.34.